The van der Waals surface area contributed by atoms with Crippen LogP contribution < -0.4 is 15.5 Å². The van der Waals surface area contributed by atoms with Gasteiger partial charge in [-0.25, -0.2) is 9.50 Å². The first-order chi connectivity index (χ1) is 15.7. The second-order valence-corrected chi connectivity index (χ2v) is 8.14. The maximum atomic E-state index is 12.9. The normalized spacial score (nSPS) is 18.2. The SMILES string of the molecule is O=C(Nc1cnccn1)[C@@H]1CCCN1c1nc(Nc2cc(C3CC3)[nH]n2)c2cccn2n1. The summed E-state index contributed by atoms with van der Waals surface area (Å²) in [5.74, 6) is 2.73. The third-order valence-electron chi connectivity index (χ3n) is 5.87. The Balaban J connectivity index is 1.28. The number of anilines is 4. The maximum Gasteiger partial charge on any atom is 0.248 e. The second kappa shape index (κ2) is 7.59. The molecule has 2 fully saturated rings. The van der Waals surface area contributed by atoms with Crippen LogP contribution in [0.2, 0.25) is 0 Å². The van der Waals surface area contributed by atoms with E-state index in [1.165, 1.54) is 19.0 Å². The van der Waals surface area contributed by atoms with Crippen molar-refractivity contribution in [3.63, 3.8) is 0 Å². The van der Waals surface area contributed by atoms with Crippen LogP contribution in [-0.2, 0) is 4.79 Å². The van der Waals surface area contributed by atoms with Gasteiger partial charge in [0.05, 0.1) is 6.20 Å². The lowest BCUT2D eigenvalue weighted by atomic mass is 10.2. The molecule has 4 aromatic rings. The predicted octanol–water partition coefficient (Wildman–Crippen LogP) is 2.47. The number of rotatable bonds is 6. The Morgan fingerprint density at radius 2 is 2.12 bits per heavy atom. The highest BCUT2D eigenvalue weighted by molar-refractivity contribution is 5.96. The van der Waals surface area contributed by atoms with Crippen LogP contribution >= 0.6 is 0 Å². The lowest BCUT2D eigenvalue weighted by molar-refractivity contribution is -0.117. The summed E-state index contributed by atoms with van der Waals surface area (Å²) in [4.78, 5) is 27.8. The van der Waals surface area contributed by atoms with Crippen molar-refractivity contribution in [1.82, 2.24) is 34.8 Å². The second-order valence-electron chi connectivity index (χ2n) is 8.14. The lowest BCUT2D eigenvalue weighted by Gasteiger charge is -2.24. The molecular weight excluding hydrogens is 408 g/mol. The topological polar surface area (TPSA) is 129 Å². The molecule has 1 aliphatic heterocycles. The van der Waals surface area contributed by atoms with Crippen LogP contribution in [0.15, 0.2) is 43.0 Å². The molecule has 1 atom stereocenters. The highest BCUT2D eigenvalue weighted by Gasteiger charge is 2.33. The highest BCUT2D eigenvalue weighted by atomic mass is 16.2. The smallest absolute Gasteiger partial charge is 0.248 e. The lowest BCUT2D eigenvalue weighted by Crippen LogP contribution is -2.41. The molecule has 0 spiro atoms. The number of aromatic nitrogens is 7. The number of nitrogens with zero attached hydrogens (tertiary/aromatic N) is 7. The molecule has 0 bridgehead atoms. The molecule has 11 nitrogen and oxygen atoms in total. The molecule has 162 valence electrons. The van der Waals surface area contributed by atoms with Crippen molar-refractivity contribution in [3.8, 4) is 0 Å². The molecular formula is C21H22N10O. The molecule has 3 N–H and O–H groups in total. The molecule has 2 aliphatic rings. The van der Waals surface area contributed by atoms with Crippen molar-refractivity contribution in [2.75, 3.05) is 22.1 Å². The Hall–Kier alpha value is -4.02. The Labute approximate surface area is 183 Å². The van der Waals surface area contributed by atoms with Crippen LogP contribution in [0.5, 0.6) is 0 Å². The molecule has 0 aromatic carbocycles. The van der Waals surface area contributed by atoms with Gasteiger partial charge in [-0.3, -0.25) is 14.9 Å². The van der Waals surface area contributed by atoms with E-state index in [9.17, 15) is 4.79 Å². The largest absolute Gasteiger partial charge is 0.327 e. The molecule has 1 amide bonds. The highest BCUT2D eigenvalue weighted by Crippen LogP contribution is 2.39. The van der Waals surface area contributed by atoms with E-state index in [2.05, 4.69) is 35.9 Å². The number of amides is 1. The van der Waals surface area contributed by atoms with E-state index in [4.69, 9.17) is 4.98 Å². The monoisotopic (exact) mass is 430 g/mol. The van der Waals surface area contributed by atoms with Gasteiger partial charge < -0.3 is 15.5 Å². The molecule has 1 aliphatic carbocycles. The van der Waals surface area contributed by atoms with Gasteiger partial charge in [0.1, 0.15) is 11.6 Å². The number of aromatic amines is 1. The summed E-state index contributed by atoms with van der Waals surface area (Å²) >= 11 is 0. The van der Waals surface area contributed by atoms with Crippen LogP contribution in [0.25, 0.3) is 5.52 Å². The number of carbonyl (C=O) groups excluding carboxylic acids is 1. The fourth-order valence-corrected chi connectivity index (χ4v) is 4.11. The zero-order chi connectivity index (χ0) is 21.5. The summed E-state index contributed by atoms with van der Waals surface area (Å²) in [5, 5.41) is 18.3. The first kappa shape index (κ1) is 18.7. The van der Waals surface area contributed by atoms with E-state index >= 15 is 0 Å². The van der Waals surface area contributed by atoms with Gasteiger partial charge in [-0.1, -0.05) is 0 Å². The van der Waals surface area contributed by atoms with Crippen molar-refractivity contribution in [1.29, 1.82) is 0 Å². The van der Waals surface area contributed by atoms with Crippen molar-refractivity contribution in [3.05, 3.63) is 48.7 Å². The summed E-state index contributed by atoms with van der Waals surface area (Å²) in [5.41, 5.74) is 1.98. The van der Waals surface area contributed by atoms with E-state index < -0.39 is 0 Å². The number of fused-ring (bicyclic) bond motifs is 1. The summed E-state index contributed by atoms with van der Waals surface area (Å²) in [6.45, 7) is 0.693. The first-order valence-electron chi connectivity index (χ1n) is 10.8. The van der Waals surface area contributed by atoms with Gasteiger partial charge in [0.25, 0.3) is 0 Å². The van der Waals surface area contributed by atoms with Crippen LogP contribution in [0, 0.1) is 0 Å². The minimum absolute atomic E-state index is 0.143. The predicted molar refractivity (Wildman–Crippen MR) is 118 cm³/mol. The first-order valence-corrected chi connectivity index (χ1v) is 10.8. The summed E-state index contributed by atoms with van der Waals surface area (Å²) in [6, 6.07) is 5.51. The molecule has 5 heterocycles. The van der Waals surface area contributed by atoms with Crippen LogP contribution in [0.4, 0.5) is 23.4 Å². The Bertz CT molecular complexity index is 1260. The summed E-state index contributed by atoms with van der Waals surface area (Å²) in [6.07, 6.45) is 10.5. The standard InChI is InChI=1S/C21H22N10O/c32-20(25-18-12-22-7-8-23-18)16-4-1-9-30(16)21-26-19(15-3-2-10-31(15)29-21)24-17-11-14(27-28-17)13-5-6-13/h2-3,7-8,10-13,16H,1,4-6,9H2,(H,23,25,32)(H2,24,26,27,28,29)/t16-/m0/s1. The Morgan fingerprint density at radius 3 is 2.97 bits per heavy atom. The molecule has 1 saturated carbocycles. The van der Waals surface area contributed by atoms with Crippen LogP contribution in [0.1, 0.15) is 37.3 Å². The Kier molecular flexibility index (Phi) is 4.44. The number of carbonyl (C=O) groups is 1. The van der Waals surface area contributed by atoms with Gasteiger partial charge in [0.2, 0.25) is 11.9 Å². The molecule has 0 radical (unpaired) electrons. The van der Waals surface area contributed by atoms with Crippen molar-refractivity contribution in [2.45, 2.75) is 37.6 Å². The minimum atomic E-state index is -0.385. The van der Waals surface area contributed by atoms with E-state index in [1.54, 1.807) is 16.9 Å². The van der Waals surface area contributed by atoms with E-state index in [-0.39, 0.29) is 11.9 Å². The van der Waals surface area contributed by atoms with Crippen molar-refractivity contribution >= 4 is 34.8 Å². The van der Waals surface area contributed by atoms with Gasteiger partial charge in [-0.2, -0.15) is 10.1 Å². The molecule has 32 heavy (non-hydrogen) atoms. The van der Waals surface area contributed by atoms with Gasteiger partial charge in [-0.05, 0) is 37.8 Å². The minimum Gasteiger partial charge on any atom is -0.327 e. The van der Waals surface area contributed by atoms with Gasteiger partial charge in [-0.15, -0.1) is 5.10 Å². The molecule has 11 heteroatoms. The zero-order valence-corrected chi connectivity index (χ0v) is 17.3. The van der Waals surface area contributed by atoms with Gasteiger partial charge in [0.15, 0.2) is 17.5 Å². The third-order valence-corrected chi connectivity index (χ3v) is 5.87. The van der Waals surface area contributed by atoms with Gasteiger partial charge >= 0.3 is 0 Å². The molecule has 4 aromatic heterocycles. The van der Waals surface area contributed by atoms with E-state index in [0.29, 0.717) is 36.5 Å². The van der Waals surface area contributed by atoms with E-state index in [1.807, 2.05) is 29.3 Å². The molecule has 1 saturated heterocycles. The van der Waals surface area contributed by atoms with Crippen molar-refractivity contribution < 1.29 is 4.79 Å². The van der Waals surface area contributed by atoms with Crippen LogP contribution in [0.3, 0.4) is 0 Å². The fraction of sp³-hybridized carbons (Fsp3) is 0.333. The number of nitrogens with one attached hydrogen (secondary N) is 3. The third kappa shape index (κ3) is 3.51. The maximum absolute atomic E-state index is 12.9. The molecule has 0 unspecified atom stereocenters. The average molecular weight is 430 g/mol. The summed E-state index contributed by atoms with van der Waals surface area (Å²) in [7, 11) is 0. The Morgan fingerprint density at radius 1 is 1.19 bits per heavy atom. The quantitative estimate of drug-likeness (QED) is 0.425. The zero-order valence-electron chi connectivity index (χ0n) is 17.3. The number of hydrogen-bond acceptors (Lipinski definition) is 8. The molecule has 6 rings (SSSR count). The van der Waals surface area contributed by atoms with Crippen molar-refractivity contribution in [2.24, 2.45) is 0 Å². The van der Waals surface area contributed by atoms with Crippen LogP contribution in [-0.4, -0.2) is 53.3 Å². The summed E-state index contributed by atoms with van der Waals surface area (Å²) < 4.78 is 1.77. The van der Waals surface area contributed by atoms with Gasteiger partial charge in [0, 0.05) is 42.8 Å². The fourth-order valence-electron chi connectivity index (χ4n) is 4.11. The number of H-pyrrole nitrogens is 1. The average Bonchev–Trinajstić information content (AvgIpc) is 3.20. The number of hydrogen-bond donors (Lipinski definition) is 3. The van der Waals surface area contributed by atoms with E-state index in [0.717, 1.165) is 23.4 Å².